The molecule has 0 aromatic rings. The van der Waals surface area contributed by atoms with Gasteiger partial charge in [-0.1, -0.05) is 90.4 Å². The average molecular weight is 311 g/mol. The zero-order valence-electron chi connectivity index (χ0n) is 14.9. The maximum atomic E-state index is 10.8. The van der Waals surface area contributed by atoms with Crippen LogP contribution in [0.4, 0.5) is 0 Å². The smallest absolute Gasteiger partial charge is 0.303 e. The molecule has 0 heterocycles. The van der Waals surface area contributed by atoms with E-state index in [1.165, 1.54) is 83.5 Å². The van der Waals surface area contributed by atoms with Crippen LogP contribution in [-0.2, 0) is 4.79 Å². The molecule has 0 atom stereocenters. The number of carboxylic acids is 1. The van der Waals surface area contributed by atoms with Gasteiger partial charge in [0.1, 0.15) is 0 Å². The van der Waals surface area contributed by atoms with Gasteiger partial charge in [-0.2, -0.15) is 0 Å². The highest BCUT2D eigenvalue weighted by molar-refractivity contribution is 5.68. The van der Waals surface area contributed by atoms with Crippen molar-refractivity contribution in [1.82, 2.24) is 0 Å². The minimum Gasteiger partial charge on any atom is -0.481 e. The standard InChI is InChI=1S/C20H38O2/c1-2-3-4-5-6-7-8-9-10-11-12-13-14-15-20(16-17-20)18-19(21)22/h2-18H2,1H3,(H,21,22). The van der Waals surface area contributed by atoms with Crippen LogP contribution in [0.3, 0.4) is 0 Å². The van der Waals surface area contributed by atoms with Gasteiger partial charge in [0.15, 0.2) is 0 Å². The third-order valence-electron chi connectivity index (χ3n) is 5.29. The van der Waals surface area contributed by atoms with Gasteiger partial charge in [-0.15, -0.1) is 0 Å². The molecule has 22 heavy (non-hydrogen) atoms. The van der Waals surface area contributed by atoms with Gasteiger partial charge >= 0.3 is 5.97 Å². The van der Waals surface area contributed by atoms with Gasteiger partial charge in [0.2, 0.25) is 0 Å². The van der Waals surface area contributed by atoms with Crippen LogP contribution in [0, 0.1) is 5.41 Å². The van der Waals surface area contributed by atoms with Crippen LogP contribution in [0.15, 0.2) is 0 Å². The number of hydrogen-bond donors (Lipinski definition) is 1. The highest BCUT2D eigenvalue weighted by Gasteiger charge is 2.43. The second kappa shape index (κ2) is 12.0. The molecule has 2 heteroatoms. The summed E-state index contributed by atoms with van der Waals surface area (Å²) >= 11 is 0. The van der Waals surface area contributed by atoms with E-state index in [0.29, 0.717) is 6.42 Å². The predicted molar refractivity (Wildman–Crippen MR) is 94.2 cm³/mol. The topological polar surface area (TPSA) is 37.3 Å². The van der Waals surface area contributed by atoms with Gasteiger partial charge in [-0.05, 0) is 24.7 Å². The second-order valence-corrected chi connectivity index (χ2v) is 7.56. The number of unbranched alkanes of at least 4 members (excludes halogenated alkanes) is 12. The molecule has 0 aromatic carbocycles. The number of carbonyl (C=O) groups is 1. The Bertz CT molecular complexity index is 281. The van der Waals surface area contributed by atoms with E-state index in [1.807, 2.05) is 0 Å². The van der Waals surface area contributed by atoms with Crippen molar-refractivity contribution in [2.75, 3.05) is 0 Å². The van der Waals surface area contributed by atoms with Crippen molar-refractivity contribution >= 4 is 5.97 Å². The molecule has 1 aliphatic carbocycles. The van der Waals surface area contributed by atoms with E-state index in [0.717, 1.165) is 19.3 Å². The summed E-state index contributed by atoms with van der Waals surface area (Å²) in [4.78, 5) is 10.8. The Balaban J connectivity index is 1.76. The third kappa shape index (κ3) is 10.2. The van der Waals surface area contributed by atoms with E-state index in [4.69, 9.17) is 5.11 Å². The lowest BCUT2D eigenvalue weighted by atomic mass is 9.94. The second-order valence-electron chi connectivity index (χ2n) is 7.56. The van der Waals surface area contributed by atoms with E-state index < -0.39 is 5.97 Å². The molecule has 1 aliphatic rings. The van der Waals surface area contributed by atoms with Crippen LogP contribution < -0.4 is 0 Å². The van der Waals surface area contributed by atoms with Crippen LogP contribution in [-0.4, -0.2) is 11.1 Å². The Hall–Kier alpha value is -0.530. The summed E-state index contributed by atoms with van der Waals surface area (Å²) in [5.74, 6) is -0.604. The predicted octanol–water partition coefficient (Wildman–Crippen LogP) is 6.72. The first kappa shape index (κ1) is 19.5. The molecule has 1 rings (SSSR count). The molecule has 1 fully saturated rings. The summed E-state index contributed by atoms with van der Waals surface area (Å²) < 4.78 is 0. The van der Waals surface area contributed by atoms with Crippen LogP contribution in [0.5, 0.6) is 0 Å². The van der Waals surface area contributed by atoms with Gasteiger partial charge in [0, 0.05) is 0 Å². The molecular formula is C20H38O2. The first-order valence-corrected chi connectivity index (χ1v) is 9.90. The highest BCUT2D eigenvalue weighted by Crippen LogP contribution is 2.52. The molecule has 1 N–H and O–H groups in total. The monoisotopic (exact) mass is 310 g/mol. The SMILES string of the molecule is CCCCCCCCCCCCCCCC1(CC(=O)O)CC1. The van der Waals surface area contributed by atoms with Crippen LogP contribution >= 0.6 is 0 Å². The molecule has 0 radical (unpaired) electrons. The van der Waals surface area contributed by atoms with Gasteiger partial charge in [-0.3, -0.25) is 4.79 Å². The number of hydrogen-bond acceptors (Lipinski definition) is 1. The summed E-state index contributed by atoms with van der Waals surface area (Å²) in [6.07, 6.45) is 21.9. The summed E-state index contributed by atoms with van der Waals surface area (Å²) in [5.41, 5.74) is 0.212. The van der Waals surface area contributed by atoms with E-state index in [1.54, 1.807) is 0 Å². The minimum absolute atomic E-state index is 0.212. The molecule has 0 spiro atoms. The Morgan fingerprint density at radius 1 is 0.773 bits per heavy atom. The fourth-order valence-corrected chi connectivity index (χ4v) is 3.53. The van der Waals surface area contributed by atoms with Crippen molar-refractivity contribution in [3.05, 3.63) is 0 Å². The molecule has 130 valence electrons. The van der Waals surface area contributed by atoms with E-state index >= 15 is 0 Å². The minimum atomic E-state index is -0.604. The molecule has 0 unspecified atom stereocenters. The van der Waals surface area contributed by atoms with Crippen molar-refractivity contribution in [3.63, 3.8) is 0 Å². The lowest BCUT2D eigenvalue weighted by Crippen LogP contribution is -2.08. The Morgan fingerprint density at radius 2 is 1.18 bits per heavy atom. The first-order chi connectivity index (χ1) is 10.7. The van der Waals surface area contributed by atoms with Gasteiger partial charge in [-0.25, -0.2) is 0 Å². The maximum Gasteiger partial charge on any atom is 0.303 e. The van der Waals surface area contributed by atoms with Crippen LogP contribution in [0.1, 0.15) is 116 Å². The third-order valence-corrected chi connectivity index (χ3v) is 5.29. The number of carboxylic acid groups (broad SMARTS) is 1. The molecule has 0 aromatic heterocycles. The van der Waals surface area contributed by atoms with Crippen LogP contribution in [0.2, 0.25) is 0 Å². The van der Waals surface area contributed by atoms with Crippen molar-refractivity contribution in [1.29, 1.82) is 0 Å². The van der Waals surface area contributed by atoms with E-state index in [-0.39, 0.29) is 5.41 Å². The normalized spacial score (nSPS) is 15.9. The Kier molecular flexibility index (Phi) is 10.6. The fourth-order valence-electron chi connectivity index (χ4n) is 3.53. The van der Waals surface area contributed by atoms with Crippen molar-refractivity contribution in [2.24, 2.45) is 5.41 Å². The summed E-state index contributed by atoms with van der Waals surface area (Å²) in [6.45, 7) is 2.27. The molecular weight excluding hydrogens is 272 g/mol. The molecule has 0 amide bonds. The Morgan fingerprint density at radius 3 is 1.55 bits per heavy atom. The largest absolute Gasteiger partial charge is 0.481 e. The fraction of sp³-hybridized carbons (Fsp3) is 0.950. The highest BCUT2D eigenvalue weighted by atomic mass is 16.4. The van der Waals surface area contributed by atoms with Crippen molar-refractivity contribution < 1.29 is 9.90 Å². The van der Waals surface area contributed by atoms with Gasteiger partial charge in [0.25, 0.3) is 0 Å². The van der Waals surface area contributed by atoms with E-state index in [9.17, 15) is 4.79 Å². The lowest BCUT2D eigenvalue weighted by Gasteiger charge is -2.11. The zero-order chi connectivity index (χ0) is 16.1. The molecule has 0 aliphatic heterocycles. The summed E-state index contributed by atoms with van der Waals surface area (Å²) in [6, 6.07) is 0. The molecule has 2 nitrogen and oxygen atoms in total. The summed E-state index contributed by atoms with van der Waals surface area (Å²) in [5, 5.41) is 8.89. The van der Waals surface area contributed by atoms with Crippen molar-refractivity contribution in [2.45, 2.75) is 116 Å². The number of aliphatic carboxylic acids is 1. The molecule has 0 saturated heterocycles. The summed E-state index contributed by atoms with van der Waals surface area (Å²) in [7, 11) is 0. The van der Waals surface area contributed by atoms with Gasteiger partial charge in [0.05, 0.1) is 6.42 Å². The molecule has 1 saturated carbocycles. The maximum absolute atomic E-state index is 10.8. The van der Waals surface area contributed by atoms with Crippen molar-refractivity contribution in [3.8, 4) is 0 Å². The Labute approximate surface area is 138 Å². The number of rotatable bonds is 16. The first-order valence-electron chi connectivity index (χ1n) is 9.90. The quantitative estimate of drug-likeness (QED) is 0.321. The van der Waals surface area contributed by atoms with E-state index in [2.05, 4.69) is 6.92 Å². The zero-order valence-corrected chi connectivity index (χ0v) is 14.9. The van der Waals surface area contributed by atoms with Gasteiger partial charge < -0.3 is 5.11 Å². The average Bonchev–Trinajstić information content (AvgIpc) is 3.23. The lowest BCUT2D eigenvalue weighted by molar-refractivity contribution is -0.138. The molecule has 0 bridgehead atoms. The van der Waals surface area contributed by atoms with Crippen LogP contribution in [0.25, 0.3) is 0 Å².